The Hall–Kier alpha value is -1.37. The Morgan fingerprint density at radius 3 is 2.72 bits per heavy atom. The largest absolute Gasteiger partial charge is 0.345 e. The topological polar surface area (TPSA) is 50.2 Å². The molecule has 25 heavy (non-hydrogen) atoms. The molecule has 0 unspecified atom stereocenters. The van der Waals surface area contributed by atoms with E-state index in [4.69, 9.17) is 0 Å². The van der Waals surface area contributed by atoms with Crippen molar-refractivity contribution in [2.45, 2.75) is 12.3 Å². The summed E-state index contributed by atoms with van der Waals surface area (Å²) in [6.07, 6.45) is 4.76. The van der Waals surface area contributed by atoms with E-state index in [0.29, 0.717) is 0 Å². The SMILES string of the molecule is CN(CCc1ccc(Br)cc1)C(=O)[C@H]1CNC[C@@H]1c1cnn(C)c1.Cl. The number of aryl methyl sites for hydroxylation is 1. The molecule has 1 N–H and O–H groups in total. The molecule has 0 radical (unpaired) electrons. The number of benzene rings is 1. The van der Waals surface area contributed by atoms with Crippen LogP contribution in [0.15, 0.2) is 41.1 Å². The zero-order valence-electron chi connectivity index (χ0n) is 14.5. The van der Waals surface area contributed by atoms with E-state index in [2.05, 4.69) is 38.5 Å². The molecule has 0 spiro atoms. The fourth-order valence-corrected chi connectivity index (χ4v) is 3.53. The number of hydrogen-bond donors (Lipinski definition) is 1. The first-order chi connectivity index (χ1) is 11.5. The van der Waals surface area contributed by atoms with Crippen molar-refractivity contribution >= 4 is 34.2 Å². The molecule has 2 atom stereocenters. The van der Waals surface area contributed by atoms with Gasteiger partial charge in [0.1, 0.15) is 0 Å². The molecular formula is C18H24BrClN4O. The fraction of sp³-hybridized carbons (Fsp3) is 0.444. The van der Waals surface area contributed by atoms with E-state index in [9.17, 15) is 4.79 Å². The molecule has 0 bridgehead atoms. The summed E-state index contributed by atoms with van der Waals surface area (Å²) in [4.78, 5) is 14.7. The van der Waals surface area contributed by atoms with Gasteiger partial charge in [0.2, 0.25) is 5.91 Å². The highest BCUT2D eigenvalue weighted by atomic mass is 79.9. The number of rotatable bonds is 5. The van der Waals surface area contributed by atoms with Crippen LogP contribution in [-0.2, 0) is 18.3 Å². The third-order valence-electron chi connectivity index (χ3n) is 4.71. The lowest BCUT2D eigenvalue weighted by molar-refractivity contribution is -0.134. The summed E-state index contributed by atoms with van der Waals surface area (Å²) >= 11 is 3.45. The minimum atomic E-state index is -0.0101. The average molecular weight is 428 g/mol. The van der Waals surface area contributed by atoms with E-state index in [1.165, 1.54) is 5.56 Å². The standard InChI is InChI=1S/C18H23BrN4O.ClH/c1-22(8-7-13-3-5-15(19)6-4-13)18(24)17-11-20-10-16(17)14-9-21-23(2)12-14;/h3-6,9,12,16-17,20H,7-8,10-11H2,1-2H3;1H/t16-,17+;/m1./s1. The van der Waals surface area contributed by atoms with E-state index in [-0.39, 0.29) is 30.2 Å². The number of nitrogens with one attached hydrogen (secondary N) is 1. The molecule has 2 aromatic rings. The number of amides is 1. The highest BCUT2D eigenvalue weighted by molar-refractivity contribution is 9.10. The first-order valence-electron chi connectivity index (χ1n) is 8.23. The van der Waals surface area contributed by atoms with Crippen molar-refractivity contribution in [3.8, 4) is 0 Å². The van der Waals surface area contributed by atoms with E-state index >= 15 is 0 Å². The fourth-order valence-electron chi connectivity index (χ4n) is 3.26. The molecule has 3 rings (SSSR count). The van der Waals surface area contributed by atoms with Gasteiger partial charge >= 0.3 is 0 Å². The van der Waals surface area contributed by atoms with Crippen molar-refractivity contribution in [1.82, 2.24) is 20.0 Å². The van der Waals surface area contributed by atoms with Crippen molar-refractivity contribution < 1.29 is 4.79 Å². The normalized spacial score (nSPS) is 19.5. The van der Waals surface area contributed by atoms with Gasteiger partial charge in [0, 0.05) is 50.3 Å². The van der Waals surface area contributed by atoms with Gasteiger partial charge in [0.15, 0.2) is 0 Å². The zero-order valence-corrected chi connectivity index (χ0v) is 16.9. The Morgan fingerprint density at radius 1 is 1.36 bits per heavy atom. The predicted octanol–water partition coefficient (Wildman–Crippen LogP) is 2.61. The second kappa shape index (κ2) is 8.83. The lowest BCUT2D eigenvalue weighted by Crippen LogP contribution is -2.37. The maximum atomic E-state index is 12.9. The second-order valence-corrected chi connectivity index (χ2v) is 7.37. The van der Waals surface area contributed by atoms with Gasteiger partial charge in [-0.2, -0.15) is 5.10 Å². The summed E-state index contributed by atoms with van der Waals surface area (Å²) in [5.41, 5.74) is 2.38. The lowest BCUT2D eigenvalue weighted by Gasteiger charge is -2.24. The predicted molar refractivity (Wildman–Crippen MR) is 105 cm³/mol. The van der Waals surface area contributed by atoms with Crippen molar-refractivity contribution in [3.05, 3.63) is 52.3 Å². The van der Waals surface area contributed by atoms with Crippen LogP contribution in [0.2, 0.25) is 0 Å². The number of carbonyl (C=O) groups is 1. The van der Waals surface area contributed by atoms with Crippen LogP contribution in [0.3, 0.4) is 0 Å². The smallest absolute Gasteiger partial charge is 0.227 e. The van der Waals surface area contributed by atoms with E-state index in [0.717, 1.165) is 36.1 Å². The van der Waals surface area contributed by atoms with Gasteiger partial charge < -0.3 is 10.2 Å². The Kier molecular flexibility index (Phi) is 7.04. The van der Waals surface area contributed by atoms with Crippen molar-refractivity contribution in [2.75, 3.05) is 26.7 Å². The maximum Gasteiger partial charge on any atom is 0.227 e. The molecule has 1 fully saturated rings. The lowest BCUT2D eigenvalue weighted by atomic mass is 9.90. The Labute approximate surface area is 163 Å². The molecule has 1 amide bonds. The maximum absolute atomic E-state index is 12.9. The number of likely N-dealkylation sites (N-methyl/N-ethyl adjacent to an activating group) is 1. The molecule has 1 aromatic carbocycles. The first-order valence-corrected chi connectivity index (χ1v) is 9.02. The molecule has 136 valence electrons. The molecule has 7 heteroatoms. The number of carbonyl (C=O) groups excluding carboxylic acids is 1. The third-order valence-corrected chi connectivity index (χ3v) is 5.24. The monoisotopic (exact) mass is 426 g/mol. The summed E-state index contributed by atoms with van der Waals surface area (Å²) in [5, 5.41) is 7.60. The van der Waals surface area contributed by atoms with Crippen LogP contribution < -0.4 is 5.32 Å². The summed E-state index contributed by atoms with van der Waals surface area (Å²) in [6, 6.07) is 8.27. The average Bonchev–Trinajstić information content (AvgIpc) is 3.21. The molecule has 1 aliphatic rings. The quantitative estimate of drug-likeness (QED) is 0.798. The summed E-state index contributed by atoms with van der Waals surface area (Å²) in [7, 11) is 3.81. The van der Waals surface area contributed by atoms with Crippen LogP contribution in [0, 0.1) is 5.92 Å². The highest BCUT2D eigenvalue weighted by Gasteiger charge is 2.36. The van der Waals surface area contributed by atoms with Gasteiger partial charge in [-0.1, -0.05) is 28.1 Å². The van der Waals surface area contributed by atoms with Crippen LogP contribution in [0.1, 0.15) is 17.0 Å². The van der Waals surface area contributed by atoms with Crippen LogP contribution >= 0.6 is 28.3 Å². The molecule has 1 saturated heterocycles. The van der Waals surface area contributed by atoms with Crippen molar-refractivity contribution in [2.24, 2.45) is 13.0 Å². The summed E-state index contributed by atoms with van der Waals surface area (Å²) in [6.45, 7) is 2.31. The molecule has 1 aromatic heterocycles. The number of hydrogen-bond acceptors (Lipinski definition) is 3. The van der Waals surface area contributed by atoms with Crippen LogP contribution in [0.5, 0.6) is 0 Å². The Morgan fingerprint density at radius 2 is 2.08 bits per heavy atom. The number of aromatic nitrogens is 2. The number of halogens is 2. The molecule has 0 aliphatic carbocycles. The molecule has 2 heterocycles. The zero-order chi connectivity index (χ0) is 17.1. The Bertz CT molecular complexity index is 703. The van der Waals surface area contributed by atoms with Crippen LogP contribution in [-0.4, -0.2) is 47.3 Å². The van der Waals surface area contributed by atoms with Crippen molar-refractivity contribution in [1.29, 1.82) is 0 Å². The van der Waals surface area contributed by atoms with E-state index in [1.54, 1.807) is 4.68 Å². The van der Waals surface area contributed by atoms with E-state index < -0.39 is 0 Å². The highest BCUT2D eigenvalue weighted by Crippen LogP contribution is 2.29. The third kappa shape index (κ3) is 4.84. The second-order valence-electron chi connectivity index (χ2n) is 6.45. The van der Waals surface area contributed by atoms with Gasteiger partial charge in [0.05, 0.1) is 12.1 Å². The summed E-state index contributed by atoms with van der Waals surface area (Å²) < 4.78 is 2.87. The molecule has 5 nitrogen and oxygen atoms in total. The number of nitrogens with zero attached hydrogens (tertiary/aromatic N) is 3. The van der Waals surface area contributed by atoms with Gasteiger partial charge in [-0.3, -0.25) is 9.48 Å². The van der Waals surface area contributed by atoms with Gasteiger partial charge in [-0.25, -0.2) is 0 Å². The van der Waals surface area contributed by atoms with Crippen molar-refractivity contribution in [3.63, 3.8) is 0 Å². The van der Waals surface area contributed by atoms with Gasteiger partial charge in [0.25, 0.3) is 0 Å². The first kappa shape index (κ1) is 19.9. The molecular weight excluding hydrogens is 404 g/mol. The van der Waals surface area contributed by atoms with Crippen LogP contribution in [0.4, 0.5) is 0 Å². The summed E-state index contributed by atoms with van der Waals surface area (Å²) in [5.74, 6) is 0.413. The molecule has 1 aliphatic heterocycles. The van der Waals surface area contributed by atoms with Gasteiger partial charge in [-0.05, 0) is 29.7 Å². The molecule has 0 saturated carbocycles. The van der Waals surface area contributed by atoms with Crippen LogP contribution in [0.25, 0.3) is 0 Å². The van der Waals surface area contributed by atoms with Gasteiger partial charge in [-0.15, -0.1) is 12.4 Å². The van der Waals surface area contributed by atoms with E-state index in [1.807, 2.05) is 43.5 Å². The minimum absolute atomic E-state index is 0. The Balaban J connectivity index is 0.00000225. The minimum Gasteiger partial charge on any atom is -0.345 e.